The van der Waals surface area contributed by atoms with Gasteiger partial charge in [0.2, 0.25) is 0 Å². The summed E-state index contributed by atoms with van der Waals surface area (Å²) in [5, 5.41) is 3.39. The van der Waals surface area contributed by atoms with E-state index in [-0.39, 0.29) is 11.6 Å². The molecular formula is C15H25N3O. The van der Waals surface area contributed by atoms with Crippen LogP contribution in [0.2, 0.25) is 0 Å². The second kappa shape index (κ2) is 5.88. The molecule has 0 aliphatic heterocycles. The second-order valence-corrected chi connectivity index (χ2v) is 5.68. The van der Waals surface area contributed by atoms with Crippen molar-refractivity contribution in [2.24, 2.45) is 5.92 Å². The molecule has 1 heterocycles. The third-order valence-corrected chi connectivity index (χ3v) is 4.54. The van der Waals surface area contributed by atoms with Crippen molar-refractivity contribution >= 4 is 5.69 Å². The summed E-state index contributed by atoms with van der Waals surface area (Å²) in [5.41, 5.74) is 7.77. The van der Waals surface area contributed by atoms with Crippen LogP contribution in [0, 0.1) is 5.92 Å². The molecule has 1 fully saturated rings. The van der Waals surface area contributed by atoms with Gasteiger partial charge in [-0.1, -0.05) is 6.92 Å². The van der Waals surface area contributed by atoms with Gasteiger partial charge in [-0.05, 0) is 44.7 Å². The number of methoxy groups -OCH3 is 1. The van der Waals surface area contributed by atoms with E-state index in [9.17, 15) is 0 Å². The monoisotopic (exact) mass is 263 g/mol. The number of hydrogen-bond acceptors (Lipinski definition) is 4. The number of aromatic nitrogens is 1. The fourth-order valence-corrected chi connectivity index (χ4v) is 3.22. The summed E-state index contributed by atoms with van der Waals surface area (Å²) >= 11 is 0. The van der Waals surface area contributed by atoms with Crippen LogP contribution in [0.3, 0.4) is 0 Å². The zero-order valence-electron chi connectivity index (χ0n) is 12.1. The highest BCUT2D eigenvalue weighted by Crippen LogP contribution is 2.43. The Morgan fingerprint density at radius 1 is 1.47 bits per heavy atom. The van der Waals surface area contributed by atoms with E-state index >= 15 is 0 Å². The predicted octanol–water partition coefficient (Wildman–Crippen LogP) is 2.52. The van der Waals surface area contributed by atoms with E-state index in [2.05, 4.69) is 17.2 Å². The highest BCUT2D eigenvalue weighted by atomic mass is 16.5. The SMILES string of the molecule is CNC(c1cnccc1N)C1(OC)CCC(C)CC1. The number of rotatable bonds is 4. The first-order chi connectivity index (χ1) is 9.13. The third-order valence-electron chi connectivity index (χ3n) is 4.54. The Bertz CT molecular complexity index is 414. The molecule has 1 aromatic rings. The molecule has 1 saturated carbocycles. The van der Waals surface area contributed by atoms with E-state index in [1.165, 1.54) is 12.8 Å². The molecule has 1 unspecified atom stereocenters. The molecule has 0 bridgehead atoms. The van der Waals surface area contributed by atoms with Gasteiger partial charge in [0.05, 0.1) is 11.6 Å². The summed E-state index contributed by atoms with van der Waals surface area (Å²) in [7, 11) is 3.78. The first-order valence-corrected chi connectivity index (χ1v) is 7.05. The first-order valence-electron chi connectivity index (χ1n) is 7.05. The van der Waals surface area contributed by atoms with Gasteiger partial charge in [-0.2, -0.15) is 0 Å². The maximum Gasteiger partial charge on any atom is 0.0874 e. The molecule has 1 aliphatic carbocycles. The Kier molecular flexibility index (Phi) is 4.42. The summed E-state index contributed by atoms with van der Waals surface area (Å²) in [5.74, 6) is 0.784. The van der Waals surface area contributed by atoms with Crippen LogP contribution < -0.4 is 11.1 Å². The lowest BCUT2D eigenvalue weighted by atomic mass is 9.73. The molecule has 2 rings (SSSR count). The summed E-state index contributed by atoms with van der Waals surface area (Å²) < 4.78 is 5.94. The van der Waals surface area contributed by atoms with Gasteiger partial charge in [-0.25, -0.2) is 0 Å². The average Bonchev–Trinajstić information content (AvgIpc) is 2.44. The molecule has 0 aromatic carbocycles. The van der Waals surface area contributed by atoms with Gasteiger partial charge in [0, 0.05) is 30.8 Å². The molecule has 4 heteroatoms. The number of pyridine rings is 1. The summed E-state index contributed by atoms with van der Waals surface area (Å²) in [6.07, 6.45) is 8.11. The van der Waals surface area contributed by atoms with Crippen LogP contribution in [0.5, 0.6) is 0 Å². The molecule has 0 saturated heterocycles. The largest absolute Gasteiger partial charge is 0.398 e. The second-order valence-electron chi connectivity index (χ2n) is 5.68. The molecule has 106 valence electrons. The fraction of sp³-hybridized carbons (Fsp3) is 0.667. The van der Waals surface area contributed by atoms with Crippen molar-refractivity contribution in [1.82, 2.24) is 10.3 Å². The topological polar surface area (TPSA) is 60.2 Å². The lowest BCUT2D eigenvalue weighted by Gasteiger charge is -2.44. The van der Waals surface area contributed by atoms with Crippen LogP contribution in [-0.2, 0) is 4.74 Å². The molecule has 0 spiro atoms. The van der Waals surface area contributed by atoms with Crippen molar-refractivity contribution in [1.29, 1.82) is 0 Å². The van der Waals surface area contributed by atoms with Crippen molar-refractivity contribution in [3.8, 4) is 0 Å². The molecule has 0 radical (unpaired) electrons. The van der Waals surface area contributed by atoms with Crippen molar-refractivity contribution in [2.45, 2.75) is 44.2 Å². The maximum atomic E-state index is 6.11. The van der Waals surface area contributed by atoms with Gasteiger partial charge in [0.15, 0.2) is 0 Å². The highest BCUT2D eigenvalue weighted by Gasteiger charge is 2.42. The van der Waals surface area contributed by atoms with Gasteiger partial charge in [-0.3, -0.25) is 4.98 Å². The van der Waals surface area contributed by atoms with Crippen LogP contribution >= 0.6 is 0 Å². The third kappa shape index (κ3) is 2.74. The predicted molar refractivity (Wildman–Crippen MR) is 77.8 cm³/mol. The van der Waals surface area contributed by atoms with Gasteiger partial charge in [0.1, 0.15) is 0 Å². The van der Waals surface area contributed by atoms with Crippen LogP contribution in [0.25, 0.3) is 0 Å². The molecule has 1 atom stereocenters. The average molecular weight is 263 g/mol. The summed E-state index contributed by atoms with van der Waals surface area (Å²) in [4.78, 5) is 4.21. The summed E-state index contributed by atoms with van der Waals surface area (Å²) in [6.45, 7) is 2.31. The Balaban J connectivity index is 2.32. The smallest absolute Gasteiger partial charge is 0.0874 e. The number of nitrogen functional groups attached to an aromatic ring is 1. The van der Waals surface area contributed by atoms with E-state index in [1.807, 2.05) is 26.4 Å². The number of nitrogens with two attached hydrogens (primary N) is 1. The molecule has 3 N–H and O–H groups in total. The zero-order valence-corrected chi connectivity index (χ0v) is 12.1. The molecule has 0 amide bonds. The first kappa shape index (κ1) is 14.3. The van der Waals surface area contributed by atoms with Crippen molar-refractivity contribution in [3.05, 3.63) is 24.0 Å². The number of nitrogens with zero attached hydrogens (tertiary/aromatic N) is 1. The van der Waals surface area contributed by atoms with E-state index in [1.54, 1.807) is 6.20 Å². The maximum absolute atomic E-state index is 6.11. The number of likely N-dealkylation sites (N-methyl/N-ethyl adjacent to an activating group) is 1. The van der Waals surface area contributed by atoms with Crippen molar-refractivity contribution < 1.29 is 4.74 Å². The molecule has 1 aromatic heterocycles. The highest BCUT2D eigenvalue weighted by molar-refractivity contribution is 5.47. The lowest BCUT2D eigenvalue weighted by Crippen LogP contribution is -2.47. The van der Waals surface area contributed by atoms with Crippen molar-refractivity contribution in [2.75, 3.05) is 19.9 Å². The van der Waals surface area contributed by atoms with Gasteiger partial charge < -0.3 is 15.8 Å². The fourth-order valence-electron chi connectivity index (χ4n) is 3.22. The Morgan fingerprint density at radius 2 is 2.16 bits per heavy atom. The number of anilines is 1. The lowest BCUT2D eigenvalue weighted by molar-refractivity contribution is -0.0744. The van der Waals surface area contributed by atoms with E-state index in [0.29, 0.717) is 0 Å². The standard InChI is InChI=1S/C15H25N3O/c1-11-4-7-15(19-3,8-5-11)14(17-2)12-10-18-9-6-13(12)16/h6,9-11,14,17H,4-5,7-8H2,1-3H3,(H2,16,18). The zero-order chi connectivity index (χ0) is 13.9. The minimum Gasteiger partial charge on any atom is -0.398 e. The van der Waals surface area contributed by atoms with Crippen LogP contribution in [0.15, 0.2) is 18.5 Å². The number of ether oxygens (including phenoxy) is 1. The van der Waals surface area contributed by atoms with Crippen LogP contribution in [0.4, 0.5) is 5.69 Å². The van der Waals surface area contributed by atoms with Crippen LogP contribution in [-0.4, -0.2) is 24.7 Å². The number of nitrogens with one attached hydrogen (secondary N) is 1. The minimum atomic E-state index is -0.168. The Labute approximate surface area is 115 Å². The molecule has 19 heavy (non-hydrogen) atoms. The van der Waals surface area contributed by atoms with E-state index in [0.717, 1.165) is 30.0 Å². The van der Waals surface area contributed by atoms with Gasteiger partial charge in [-0.15, -0.1) is 0 Å². The number of hydrogen-bond donors (Lipinski definition) is 2. The molecule has 1 aliphatic rings. The van der Waals surface area contributed by atoms with Crippen LogP contribution in [0.1, 0.15) is 44.2 Å². The summed E-state index contributed by atoms with van der Waals surface area (Å²) in [6, 6.07) is 1.95. The molecular weight excluding hydrogens is 238 g/mol. The van der Waals surface area contributed by atoms with Crippen molar-refractivity contribution in [3.63, 3.8) is 0 Å². The van der Waals surface area contributed by atoms with Gasteiger partial charge >= 0.3 is 0 Å². The van der Waals surface area contributed by atoms with E-state index in [4.69, 9.17) is 10.5 Å². The minimum absolute atomic E-state index is 0.0960. The van der Waals surface area contributed by atoms with E-state index < -0.39 is 0 Å². The molecule has 4 nitrogen and oxygen atoms in total. The Hall–Kier alpha value is -1.13. The Morgan fingerprint density at radius 3 is 2.68 bits per heavy atom. The normalized spacial score (nSPS) is 29.1. The quantitative estimate of drug-likeness (QED) is 0.876. The van der Waals surface area contributed by atoms with Gasteiger partial charge in [0.25, 0.3) is 0 Å².